The van der Waals surface area contributed by atoms with Gasteiger partial charge in [-0.2, -0.15) is 0 Å². The van der Waals surface area contributed by atoms with Gasteiger partial charge in [-0.3, -0.25) is 4.79 Å². The molecule has 0 radical (unpaired) electrons. The van der Waals surface area contributed by atoms with Crippen LogP contribution in [0, 0.1) is 24.7 Å². The summed E-state index contributed by atoms with van der Waals surface area (Å²) in [6, 6.07) is 12.0. The maximum atomic E-state index is 12.7. The summed E-state index contributed by atoms with van der Waals surface area (Å²) in [4.78, 5) is 12.7. The Bertz CT molecular complexity index is 916. The summed E-state index contributed by atoms with van der Waals surface area (Å²) in [7, 11) is 0. The Morgan fingerprint density at radius 1 is 1.04 bits per heavy atom. The number of anilines is 2. The van der Waals surface area contributed by atoms with Crippen molar-refractivity contribution < 1.29 is 4.79 Å². The molecule has 0 heterocycles. The van der Waals surface area contributed by atoms with E-state index in [1.54, 1.807) is 12.1 Å². The quantitative estimate of drug-likeness (QED) is 0.572. The minimum atomic E-state index is -0.121. The number of hydrogen-bond acceptors (Lipinski definition) is 2. The second-order valence-corrected chi connectivity index (χ2v) is 10.3. The molecule has 4 aliphatic carbocycles. The van der Waals surface area contributed by atoms with Crippen LogP contribution < -0.4 is 11.1 Å². The van der Waals surface area contributed by atoms with Crippen molar-refractivity contribution in [3.05, 3.63) is 57.6 Å². The number of nitrogens with one attached hydrogen (secondary N) is 1. The van der Waals surface area contributed by atoms with Crippen molar-refractivity contribution >= 4 is 33.2 Å². The number of carbonyl (C=O) groups excluding carboxylic acids is 1. The van der Waals surface area contributed by atoms with Crippen LogP contribution in [0.25, 0.3) is 0 Å². The monoisotopic (exact) mass is 438 g/mol. The van der Waals surface area contributed by atoms with Crippen LogP contribution in [0.5, 0.6) is 0 Å². The molecule has 3 nitrogen and oxygen atoms in total. The Hall–Kier alpha value is -1.81. The van der Waals surface area contributed by atoms with E-state index in [1.165, 1.54) is 44.1 Å². The Balaban J connectivity index is 1.38. The molecule has 0 atom stereocenters. The van der Waals surface area contributed by atoms with Crippen molar-refractivity contribution in [1.29, 1.82) is 0 Å². The molecule has 4 saturated carbocycles. The second-order valence-electron chi connectivity index (χ2n) is 9.42. The fourth-order valence-electron chi connectivity index (χ4n) is 6.48. The third kappa shape index (κ3) is 3.06. The lowest BCUT2D eigenvalue weighted by atomic mass is 9.48. The van der Waals surface area contributed by atoms with Gasteiger partial charge in [-0.05, 0) is 120 Å². The molecular formula is C24H27BrN2O. The second kappa shape index (κ2) is 6.62. The first-order valence-corrected chi connectivity index (χ1v) is 11.2. The fraction of sp³-hybridized carbons (Fsp3) is 0.458. The molecule has 1 amide bonds. The number of benzene rings is 2. The largest absolute Gasteiger partial charge is 0.398 e. The van der Waals surface area contributed by atoms with Crippen molar-refractivity contribution in [2.45, 2.75) is 50.9 Å². The first-order chi connectivity index (χ1) is 13.4. The van der Waals surface area contributed by atoms with E-state index in [-0.39, 0.29) is 5.91 Å². The topological polar surface area (TPSA) is 55.1 Å². The van der Waals surface area contributed by atoms with Gasteiger partial charge in [0, 0.05) is 21.4 Å². The summed E-state index contributed by atoms with van der Waals surface area (Å²) in [5, 5.41) is 3.06. The van der Waals surface area contributed by atoms with E-state index in [4.69, 9.17) is 5.73 Å². The molecule has 2 aromatic carbocycles. The zero-order valence-electron chi connectivity index (χ0n) is 16.3. The molecule has 4 aliphatic rings. The molecule has 28 heavy (non-hydrogen) atoms. The summed E-state index contributed by atoms with van der Waals surface area (Å²) in [5.41, 5.74) is 11.0. The molecule has 146 valence electrons. The molecule has 3 N–H and O–H groups in total. The lowest BCUT2D eigenvalue weighted by Crippen LogP contribution is -2.48. The number of amides is 1. The summed E-state index contributed by atoms with van der Waals surface area (Å²) >= 11 is 3.37. The summed E-state index contributed by atoms with van der Waals surface area (Å²) in [6.07, 6.45) is 8.47. The molecule has 4 heteroatoms. The molecule has 0 unspecified atom stereocenters. The molecule has 4 fully saturated rings. The van der Waals surface area contributed by atoms with E-state index in [0.717, 1.165) is 33.5 Å². The molecular weight excluding hydrogens is 412 g/mol. The van der Waals surface area contributed by atoms with Gasteiger partial charge in [0.2, 0.25) is 0 Å². The average molecular weight is 439 g/mol. The average Bonchev–Trinajstić information content (AvgIpc) is 2.64. The lowest BCUT2D eigenvalue weighted by Gasteiger charge is -2.57. The van der Waals surface area contributed by atoms with Crippen LogP contribution in [0.1, 0.15) is 60.0 Å². The Labute approximate surface area is 175 Å². The highest BCUT2D eigenvalue weighted by molar-refractivity contribution is 9.10. The number of halogens is 1. The first kappa shape index (κ1) is 18.2. The van der Waals surface area contributed by atoms with Crippen LogP contribution in [0.2, 0.25) is 0 Å². The number of nitrogens with two attached hydrogens (primary N) is 1. The zero-order chi connectivity index (χ0) is 19.5. The van der Waals surface area contributed by atoms with Gasteiger partial charge in [-0.25, -0.2) is 0 Å². The van der Waals surface area contributed by atoms with E-state index in [2.05, 4.69) is 46.4 Å². The molecule has 0 aromatic heterocycles. The number of carbonyl (C=O) groups is 1. The van der Waals surface area contributed by atoms with Gasteiger partial charge in [0.1, 0.15) is 0 Å². The normalized spacial score (nSPS) is 30.4. The molecule has 0 spiro atoms. The van der Waals surface area contributed by atoms with Gasteiger partial charge in [-0.15, -0.1) is 0 Å². The Morgan fingerprint density at radius 3 is 2.25 bits per heavy atom. The third-order valence-corrected chi connectivity index (χ3v) is 8.11. The lowest BCUT2D eigenvalue weighted by molar-refractivity contribution is -0.00520. The first-order valence-electron chi connectivity index (χ1n) is 10.4. The minimum absolute atomic E-state index is 0.121. The summed E-state index contributed by atoms with van der Waals surface area (Å²) in [6.45, 7) is 2.11. The number of aryl methyl sites for hydroxylation is 1. The Kier molecular flexibility index (Phi) is 4.31. The van der Waals surface area contributed by atoms with Gasteiger partial charge < -0.3 is 11.1 Å². The molecule has 0 saturated heterocycles. The fourth-order valence-corrected chi connectivity index (χ4v) is 6.72. The SMILES string of the molecule is Cc1cc(C23CC4CC(CC(C4)C2)C3)ccc1NC(=O)c1ccc(Br)c(N)c1. The van der Waals surface area contributed by atoms with E-state index in [0.29, 0.717) is 16.7 Å². The van der Waals surface area contributed by atoms with Crippen molar-refractivity contribution in [3.8, 4) is 0 Å². The van der Waals surface area contributed by atoms with E-state index >= 15 is 0 Å². The van der Waals surface area contributed by atoms with E-state index in [1.807, 2.05) is 6.07 Å². The summed E-state index contributed by atoms with van der Waals surface area (Å²) in [5.74, 6) is 2.70. The van der Waals surface area contributed by atoms with Crippen LogP contribution >= 0.6 is 15.9 Å². The highest BCUT2D eigenvalue weighted by Crippen LogP contribution is 2.60. The number of nitrogen functional groups attached to an aromatic ring is 1. The smallest absolute Gasteiger partial charge is 0.255 e. The van der Waals surface area contributed by atoms with E-state index in [9.17, 15) is 4.79 Å². The summed E-state index contributed by atoms with van der Waals surface area (Å²) < 4.78 is 0.806. The van der Waals surface area contributed by atoms with Crippen molar-refractivity contribution in [1.82, 2.24) is 0 Å². The van der Waals surface area contributed by atoms with Crippen LogP contribution in [-0.4, -0.2) is 5.91 Å². The highest BCUT2D eigenvalue weighted by Gasteiger charge is 2.51. The van der Waals surface area contributed by atoms with Gasteiger partial charge in [0.25, 0.3) is 5.91 Å². The number of rotatable bonds is 3. The molecule has 4 bridgehead atoms. The van der Waals surface area contributed by atoms with Crippen LogP contribution in [0.4, 0.5) is 11.4 Å². The van der Waals surface area contributed by atoms with Crippen LogP contribution in [-0.2, 0) is 5.41 Å². The van der Waals surface area contributed by atoms with Crippen molar-refractivity contribution in [2.24, 2.45) is 17.8 Å². The van der Waals surface area contributed by atoms with Gasteiger partial charge in [0.15, 0.2) is 0 Å². The molecule has 2 aromatic rings. The van der Waals surface area contributed by atoms with E-state index < -0.39 is 0 Å². The maximum absolute atomic E-state index is 12.7. The van der Waals surface area contributed by atoms with Gasteiger partial charge in [-0.1, -0.05) is 12.1 Å². The van der Waals surface area contributed by atoms with Gasteiger partial charge in [0.05, 0.1) is 0 Å². The predicted molar refractivity (Wildman–Crippen MR) is 118 cm³/mol. The number of hydrogen-bond donors (Lipinski definition) is 2. The standard InChI is InChI=1S/C24H27BrN2O/c1-14-6-19(24-11-15-7-16(12-24)9-17(8-15)13-24)3-5-22(14)27-23(28)18-2-4-20(25)21(26)10-18/h2-6,10,15-17H,7-9,11-13,26H2,1H3,(H,27,28). The third-order valence-electron chi connectivity index (χ3n) is 7.38. The van der Waals surface area contributed by atoms with Crippen LogP contribution in [0.3, 0.4) is 0 Å². The minimum Gasteiger partial charge on any atom is -0.398 e. The Morgan fingerprint density at radius 2 is 1.68 bits per heavy atom. The van der Waals surface area contributed by atoms with Gasteiger partial charge >= 0.3 is 0 Å². The maximum Gasteiger partial charge on any atom is 0.255 e. The predicted octanol–water partition coefficient (Wildman–Crippen LogP) is 6.06. The van der Waals surface area contributed by atoms with Crippen molar-refractivity contribution in [2.75, 3.05) is 11.1 Å². The zero-order valence-corrected chi connectivity index (χ0v) is 17.9. The molecule has 6 rings (SSSR count). The van der Waals surface area contributed by atoms with Crippen LogP contribution in [0.15, 0.2) is 40.9 Å². The highest BCUT2D eigenvalue weighted by atomic mass is 79.9. The van der Waals surface area contributed by atoms with Crippen molar-refractivity contribution in [3.63, 3.8) is 0 Å². The molecule has 0 aliphatic heterocycles.